The summed E-state index contributed by atoms with van der Waals surface area (Å²) >= 11 is 6.20. The first-order valence-electron chi connectivity index (χ1n) is 6.61. The van der Waals surface area contributed by atoms with Gasteiger partial charge in [-0.05, 0) is 49.9 Å². The molecule has 0 spiro atoms. The zero-order chi connectivity index (χ0) is 13.2. The number of carbonyl (C=O) groups excluding carboxylic acids is 1. The summed E-state index contributed by atoms with van der Waals surface area (Å²) in [7, 11) is 0. The Hall–Kier alpha value is -0.860. The first-order chi connectivity index (χ1) is 8.57. The lowest BCUT2D eigenvalue weighted by Crippen LogP contribution is -2.47. The molecule has 1 aliphatic heterocycles. The van der Waals surface area contributed by atoms with Crippen LogP contribution in [0.3, 0.4) is 0 Å². The number of hydrogen-bond donors (Lipinski definition) is 1. The zero-order valence-electron chi connectivity index (χ0n) is 11.1. The minimum atomic E-state index is -0.311. The van der Waals surface area contributed by atoms with Gasteiger partial charge in [0, 0.05) is 11.4 Å². The van der Waals surface area contributed by atoms with Gasteiger partial charge in [-0.1, -0.05) is 30.7 Å². The van der Waals surface area contributed by atoms with Crippen molar-refractivity contribution in [2.45, 2.75) is 45.1 Å². The number of Topliss-reactive ketones (excluding diaryl/α,β-unsaturated/α-hetero) is 1. The van der Waals surface area contributed by atoms with Gasteiger partial charge in [0.15, 0.2) is 5.78 Å². The Kier molecular flexibility index (Phi) is 4.08. The van der Waals surface area contributed by atoms with Gasteiger partial charge in [0.1, 0.15) is 0 Å². The number of aryl methyl sites for hydroxylation is 1. The maximum Gasteiger partial charge on any atom is 0.157 e. The van der Waals surface area contributed by atoms with Crippen molar-refractivity contribution in [3.05, 3.63) is 34.3 Å². The van der Waals surface area contributed by atoms with E-state index in [-0.39, 0.29) is 11.3 Å². The molecule has 1 aromatic rings. The fraction of sp³-hybridized carbons (Fsp3) is 0.533. The van der Waals surface area contributed by atoms with Gasteiger partial charge in [0.2, 0.25) is 0 Å². The number of nitrogens with one attached hydrogen (secondary N) is 1. The summed E-state index contributed by atoms with van der Waals surface area (Å²) in [4.78, 5) is 12.5. The summed E-state index contributed by atoms with van der Waals surface area (Å²) in [6, 6.07) is 5.90. The standard InChI is InChI=1S/C15H20ClNO/c1-3-15(7-4-8-17-15)14(18)10-12-6-5-11(2)9-13(12)16/h5-6,9,17H,3-4,7-8,10H2,1-2H3. The average Bonchev–Trinajstić information content (AvgIpc) is 2.82. The second kappa shape index (κ2) is 5.41. The van der Waals surface area contributed by atoms with Gasteiger partial charge in [0.05, 0.1) is 5.54 Å². The van der Waals surface area contributed by atoms with Crippen molar-refractivity contribution in [1.82, 2.24) is 5.32 Å². The molecule has 1 aromatic carbocycles. The van der Waals surface area contributed by atoms with Gasteiger partial charge in [0.25, 0.3) is 0 Å². The Morgan fingerprint density at radius 1 is 1.50 bits per heavy atom. The SMILES string of the molecule is CCC1(C(=O)Cc2ccc(C)cc2Cl)CCCN1. The number of rotatable bonds is 4. The van der Waals surface area contributed by atoms with E-state index in [4.69, 9.17) is 11.6 Å². The monoisotopic (exact) mass is 265 g/mol. The third-order valence-corrected chi connectivity index (χ3v) is 4.29. The van der Waals surface area contributed by atoms with Crippen LogP contribution >= 0.6 is 11.6 Å². The van der Waals surface area contributed by atoms with Crippen molar-refractivity contribution in [3.63, 3.8) is 0 Å². The molecule has 18 heavy (non-hydrogen) atoms. The molecule has 1 heterocycles. The Morgan fingerprint density at radius 3 is 2.83 bits per heavy atom. The van der Waals surface area contributed by atoms with E-state index in [1.54, 1.807) is 0 Å². The highest BCUT2D eigenvalue weighted by Crippen LogP contribution is 2.27. The summed E-state index contributed by atoms with van der Waals surface area (Å²) in [5, 5.41) is 4.08. The van der Waals surface area contributed by atoms with E-state index in [2.05, 4.69) is 12.2 Å². The fourth-order valence-corrected chi connectivity index (χ4v) is 2.98. The van der Waals surface area contributed by atoms with Crippen LogP contribution in [0.1, 0.15) is 37.3 Å². The topological polar surface area (TPSA) is 29.1 Å². The molecule has 2 nitrogen and oxygen atoms in total. The summed E-state index contributed by atoms with van der Waals surface area (Å²) in [6.45, 7) is 5.03. The molecular formula is C15H20ClNO. The Balaban J connectivity index is 2.15. The van der Waals surface area contributed by atoms with Crippen LogP contribution in [0.5, 0.6) is 0 Å². The summed E-state index contributed by atoms with van der Waals surface area (Å²) in [6.07, 6.45) is 3.32. The van der Waals surface area contributed by atoms with Crippen molar-refractivity contribution in [2.75, 3.05) is 6.54 Å². The second-order valence-corrected chi connectivity index (χ2v) is 5.57. The molecule has 1 fully saturated rings. The Bertz CT molecular complexity index is 450. The molecule has 98 valence electrons. The number of hydrogen-bond acceptors (Lipinski definition) is 2. The summed E-state index contributed by atoms with van der Waals surface area (Å²) in [5.74, 6) is 0.272. The largest absolute Gasteiger partial charge is 0.305 e. The minimum Gasteiger partial charge on any atom is -0.305 e. The molecule has 3 heteroatoms. The van der Waals surface area contributed by atoms with Crippen LogP contribution in [0.25, 0.3) is 0 Å². The molecule has 0 radical (unpaired) electrons. The molecule has 0 bridgehead atoms. The average molecular weight is 266 g/mol. The normalized spacial score (nSPS) is 23.3. The van der Waals surface area contributed by atoms with Gasteiger partial charge in [-0.25, -0.2) is 0 Å². The third-order valence-electron chi connectivity index (χ3n) is 3.94. The first-order valence-corrected chi connectivity index (χ1v) is 6.98. The number of halogens is 1. The predicted molar refractivity (Wildman–Crippen MR) is 75.2 cm³/mol. The molecule has 0 amide bonds. The van der Waals surface area contributed by atoms with Crippen LogP contribution in [-0.4, -0.2) is 17.9 Å². The van der Waals surface area contributed by atoms with Gasteiger partial charge in [-0.15, -0.1) is 0 Å². The van der Waals surface area contributed by atoms with Crippen LogP contribution in [0.4, 0.5) is 0 Å². The Labute approximate surface area is 114 Å². The van der Waals surface area contributed by atoms with Gasteiger partial charge < -0.3 is 5.32 Å². The molecule has 1 saturated heterocycles. The van der Waals surface area contributed by atoms with Crippen molar-refractivity contribution in [3.8, 4) is 0 Å². The van der Waals surface area contributed by atoms with E-state index in [0.717, 1.165) is 36.9 Å². The van der Waals surface area contributed by atoms with Gasteiger partial charge in [-0.2, -0.15) is 0 Å². The lowest BCUT2D eigenvalue weighted by atomic mass is 9.86. The molecule has 0 aromatic heterocycles. The molecule has 2 rings (SSSR count). The molecule has 0 saturated carbocycles. The van der Waals surface area contributed by atoms with E-state index in [1.807, 2.05) is 25.1 Å². The summed E-state index contributed by atoms with van der Waals surface area (Å²) < 4.78 is 0. The molecule has 1 N–H and O–H groups in total. The van der Waals surface area contributed by atoms with Crippen LogP contribution in [0, 0.1) is 6.92 Å². The highest BCUT2D eigenvalue weighted by Gasteiger charge is 2.38. The zero-order valence-corrected chi connectivity index (χ0v) is 11.8. The number of carbonyl (C=O) groups is 1. The highest BCUT2D eigenvalue weighted by molar-refractivity contribution is 6.31. The van der Waals surface area contributed by atoms with E-state index in [0.29, 0.717) is 11.4 Å². The van der Waals surface area contributed by atoms with Gasteiger partial charge >= 0.3 is 0 Å². The smallest absolute Gasteiger partial charge is 0.157 e. The van der Waals surface area contributed by atoms with Crippen LogP contribution in [0.2, 0.25) is 5.02 Å². The van der Waals surface area contributed by atoms with E-state index in [1.165, 1.54) is 0 Å². The van der Waals surface area contributed by atoms with Crippen molar-refractivity contribution in [1.29, 1.82) is 0 Å². The lowest BCUT2D eigenvalue weighted by molar-refractivity contribution is -0.124. The summed E-state index contributed by atoms with van der Waals surface area (Å²) in [5.41, 5.74) is 1.75. The maximum atomic E-state index is 12.5. The maximum absolute atomic E-state index is 12.5. The minimum absolute atomic E-state index is 0.272. The van der Waals surface area contributed by atoms with Crippen molar-refractivity contribution >= 4 is 17.4 Å². The fourth-order valence-electron chi connectivity index (χ4n) is 2.68. The van der Waals surface area contributed by atoms with Crippen molar-refractivity contribution in [2.24, 2.45) is 0 Å². The first kappa shape index (κ1) is 13.6. The molecule has 1 unspecified atom stereocenters. The lowest BCUT2D eigenvalue weighted by Gasteiger charge is -2.26. The van der Waals surface area contributed by atoms with Crippen LogP contribution in [0.15, 0.2) is 18.2 Å². The van der Waals surface area contributed by atoms with Crippen LogP contribution in [-0.2, 0) is 11.2 Å². The Morgan fingerprint density at radius 2 is 2.28 bits per heavy atom. The third kappa shape index (κ3) is 2.60. The molecule has 1 aliphatic rings. The van der Waals surface area contributed by atoms with Crippen molar-refractivity contribution < 1.29 is 4.79 Å². The number of benzene rings is 1. The van der Waals surface area contributed by atoms with E-state index in [9.17, 15) is 4.79 Å². The molecule has 1 atom stereocenters. The van der Waals surface area contributed by atoms with E-state index < -0.39 is 0 Å². The van der Waals surface area contributed by atoms with Crippen LogP contribution < -0.4 is 5.32 Å². The molecule has 0 aliphatic carbocycles. The quantitative estimate of drug-likeness (QED) is 0.905. The van der Waals surface area contributed by atoms with E-state index >= 15 is 0 Å². The van der Waals surface area contributed by atoms with Gasteiger partial charge in [-0.3, -0.25) is 4.79 Å². The molecular weight excluding hydrogens is 246 g/mol. The number of ketones is 1. The second-order valence-electron chi connectivity index (χ2n) is 5.16. The predicted octanol–water partition coefficient (Wildman–Crippen LogP) is 3.29. The highest BCUT2D eigenvalue weighted by atomic mass is 35.5.